The van der Waals surface area contributed by atoms with Crippen molar-refractivity contribution in [3.8, 4) is 0 Å². The second-order valence-electron chi connectivity index (χ2n) is 8.46. The van der Waals surface area contributed by atoms with E-state index in [1.165, 1.54) is 30.3 Å². The van der Waals surface area contributed by atoms with Crippen molar-refractivity contribution < 1.29 is 17.8 Å². The molecule has 0 saturated carbocycles. The number of piperidine rings is 1. The highest BCUT2D eigenvalue weighted by molar-refractivity contribution is 7.90. The van der Waals surface area contributed by atoms with Gasteiger partial charge in [0.1, 0.15) is 26.4 Å². The second-order valence-corrected chi connectivity index (χ2v) is 10.5. The van der Waals surface area contributed by atoms with E-state index in [1.54, 1.807) is 24.0 Å². The number of anilines is 2. The highest BCUT2D eigenvalue weighted by Crippen LogP contribution is 2.36. The first-order valence-electron chi connectivity index (χ1n) is 10.9. The molecular weight excluding hydrogens is 496 g/mol. The van der Waals surface area contributed by atoms with Crippen molar-refractivity contribution >= 4 is 38.8 Å². The molecule has 0 bridgehead atoms. The van der Waals surface area contributed by atoms with Gasteiger partial charge in [0.2, 0.25) is 0 Å². The maximum atomic E-state index is 13.6. The number of carbonyl (C=O) groups excluding carboxylic acids is 1. The molecule has 2 aromatic carbocycles. The van der Waals surface area contributed by atoms with Crippen LogP contribution in [-0.4, -0.2) is 33.1 Å². The van der Waals surface area contributed by atoms with Gasteiger partial charge in [0.25, 0.3) is 5.91 Å². The number of likely N-dealkylation sites (tertiary alicyclic amines) is 1. The summed E-state index contributed by atoms with van der Waals surface area (Å²) in [6.45, 7) is 2.57. The lowest BCUT2D eigenvalue weighted by molar-refractivity contribution is 0.0708. The van der Waals surface area contributed by atoms with Crippen LogP contribution in [0.1, 0.15) is 40.4 Å². The zero-order valence-corrected chi connectivity index (χ0v) is 20.4. The summed E-state index contributed by atoms with van der Waals surface area (Å²) in [6.07, 6.45) is 2.46. The highest BCUT2D eigenvalue weighted by atomic mass is 35.5. The molecule has 1 aliphatic rings. The van der Waals surface area contributed by atoms with Crippen molar-refractivity contribution in [3.63, 3.8) is 0 Å². The molecule has 2 heterocycles. The van der Waals surface area contributed by atoms with Crippen LogP contribution in [0.4, 0.5) is 20.2 Å². The molecule has 1 atom stereocenters. The predicted octanol–water partition coefficient (Wildman–Crippen LogP) is 5.36. The summed E-state index contributed by atoms with van der Waals surface area (Å²) >= 11 is 6.47. The molecule has 3 aromatic rings. The van der Waals surface area contributed by atoms with Gasteiger partial charge in [-0.15, -0.1) is 0 Å². The van der Waals surface area contributed by atoms with E-state index in [9.17, 15) is 17.8 Å². The number of nitrogens with zero attached hydrogens (tertiary/aromatic N) is 2. The third-order valence-electron chi connectivity index (χ3n) is 6.08. The molecule has 1 saturated heterocycles. The minimum Gasteiger partial charge on any atom is -0.352 e. The number of amides is 1. The number of benzene rings is 2. The van der Waals surface area contributed by atoms with Crippen LogP contribution in [0.5, 0.6) is 0 Å². The van der Waals surface area contributed by atoms with Crippen LogP contribution in [0.25, 0.3) is 0 Å². The average molecular weight is 520 g/mol. The van der Waals surface area contributed by atoms with E-state index in [0.717, 1.165) is 11.8 Å². The van der Waals surface area contributed by atoms with E-state index in [-0.39, 0.29) is 33.0 Å². The molecule has 7 nitrogen and oxygen atoms in total. The molecule has 4 N–H and O–H groups in total. The van der Waals surface area contributed by atoms with Crippen LogP contribution in [0, 0.1) is 23.3 Å². The Morgan fingerprint density at radius 3 is 2.40 bits per heavy atom. The van der Waals surface area contributed by atoms with Gasteiger partial charge in [-0.1, -0.05) is 23.7 Å². The molecule has 0 spiro atoms. The SMILES string of the molecule is Cc1cc(F)ccc1Nc1c(C(=O)N2CCC(c3ccc(F)cc3)CC2)ncc(S(=N)(N)=O)c1Cl. The number of nitrogens with one attached hydrogen (secondary N) is 2. The predicted molar refractivity (Wildman–Crippen MR) is 131 cm³/mol. The number of aryl methyl sites for hydroxylation is 1. The van der Waals surface area contributed by atoms with E-state index >= 15 is 0 Å². The van der Waals surface area contributed by atoms with E-state index < -0.39 is 21.6 Å². The summed E-state index contributed by atoms with van der Waals surface area (Å²) in [5.74, 6) is -0.921. The first-order valence-corrected chi connectivity index (χ1v) is 12.9. The number of pyridine rings is 1. The minimum absolute atomic E-state index is 0.0219. The normalized spacial score (nSPS) is 16.1. The number of rotatable bonds is 5. The first kappa shape index (κ1) is 25.0. The van der Waals surface area contributed by atoms with Gasteiger partial charge in [0.15, 0.2) is 5.69 Å². The third kappa shape index (κ3) is 5.44. The number of nitrogens with two attached hydrogens (primary N) is 1. The molecule has 1 aliphatic heterocycles. The zero-order valence-electron chi connectivity index (χ0n) is 18.9. The van der Waals surface area contributed by atoms with Gasteiger partial charge in [-0.05, 0) is 67.1 Å². The molecule has 0 aliphatic carbocycles. The van der Waals surface area contributed by atoms with Crippen LogP contribution >= 0.6 is 11.6 Å². The number of aromatic nitrogens is 1. The van der Waals surface area contributed by atoms with Crippen molar-refractivity contribution in [2.24, 2.45) is 5.14 Å². The van der Waals surface area contributed by atoms with Gasteiger partial charge >= 0.3 is 0 Å². The molecule has 1 unspecified atom stereocenters. The Bertz CT molecular complexity index is 1380. The lowest BCUT2D eigenvalue weighted by atomic mass is 9.89. The van der Waals surface area contributed by atoms with Gasteiger partial charge in [-0.3, -0.25) is 4.79 Å². The molecule has 0 radical (unpaired) electrons. The molecule has 4 rings (SSSR count). The van der Waals surface area contributed by atoms with Crippen molar-refractivity contribution in [1.29, 1.82) is 4.78 Å². The van der Waals surface area contributed by atoms with Gasteiger partial charge in [0, 0.05) is 25.0 Å². The fraction of sp³-hybridized carbons (Fsp3) is 0.250. The average Bonchev–Trinajstić information content (AvgIpc) is 2.81. The third-order valence-corrected chi connectivity index (χ3v) is 7.55. The van der Waals surface area contributed by atoms with Gasteiger partial charge in [-0.2, -0.15) is 0 Å². The number of halogens is 3. The highest BCUT2D eigenvalue weighted by Gasteiger charge is 2.29. The van der Waals surface area contributed by atoms with E-state index in [4.69, 9.17) is 21.5 Å². The fourth-order valence-corrected chi connectivity index (χ4v) is 5.27. The van der Waals surface area contributed by atoms with Gasteiger partial charge in [0.05, 0.1) is 10.7 Å². The Balaban J connectivity index is 1.63. The second kappa shape index (κ2) is 9.88. The van der Waals surface area contributed by atoms with Crippen molar-refractivity contribution in [1.82, 2.24) is 9.88 Å². The quantitative estimate of drug-likeness (QED) is 0.421. The molecule has 1 aromatic heterocycles. The Hall–Kier alpha value is -3.08. The smallest absolute Gasteiger partial charge is 0.274 e. The first-order chi connectivity index (χ1) is 16.5. The summed E-state index contributed by atoms with van der Waals surface area (Å²) in [5.41, 5.74) is 2.06. The monoisotopic (exact) mass is 519 g/mol. The van der Waals surface area contributed by atoms with Gasteiger partial charge < -0.3 is 10.2 Å². The van der Waals surface area contributed by atoms with Crippen molar-refractivity contribution in [2.75, 3.05) is 18.4 Å². The lowest BCUT2D eigenvalue weighted by Gasteiger charge is -2.32. The van der Waals surface area contributed by atoms with Crippen LogP contribution in [0.3, 0.4) is 0 Å². The van der Waals surface area contributed by atoms with E-state index in [0.29, 0.717) is 37.2 Å². The maximum Gasteiger partial charge on any atom is 0.274 e. The van der Waals surface area contributed by atoms with E-state index in [2.05, 4.69) is 10.3 Å². The summed E-state index contributed by atoms with van der Waals surface area (Å²) in [5, 5.41) is 8.34. The summed E-state index contributed by atoms with van der Waals surface area (Å²) in [7, 11) is -3.72. The molecule has 1 fully saturated rings. The molecular formula is C24H24ClF2N5O2S. The molecule has 1 amide bonds. The van der Waals surface area contributed by atoms with Crippen LogP contribution in [0.15, 0.2) is 53.6 Å². The standard InChI is InChI=1S/C24H24ClF2N5O2S/c1-14-12-18(27)6-7-19(14)31-22-21(25)20(35(28,29)34)13-30-23(22)24(33)32-10-8-16(9-11-32)15-2-4-17(26)5-3-15/h2-7,12-13,16,31H,8-11H2,1H3,(H3,28,29,34). The Morgan fingerprint density at radius 1 is 1.17 bits per heavy atom. The molecule has 11 heteroatoms. The van der Waals surface area contributed by atoms with E-state index in [1.807, 2.05) is 0 Å². The van der Waals surface area contributed by atoms with Gasteiger partial charge in [-0.25, -0.2) is 27.9 Å². The van der Waals surface area contributed by atoms with Crippen LogP contribution < -0.4 is 10.5 Å². The van der Waals surface area contributed by atoms with Crippen molar-refractivity contribution in [3.05, 3.63) is 82.1 Å². The fourth-order valence-electron chi connectivity index (χ4n) is 4.16. The Labute approximate surface area is 207 Å². The van der Waals surface area contributed by atoms with Crippen molar-refractivity contribution in [2.45, 2.75) is 30.6 Å². The number of hydrogen-bond acceptors (Lipinski definition) is 5. The lowest BCUT2D eigenvalue weighted by Crippen LogP contribution is -2.38. The van der Waals surface area contributed by atoms with Crippen LogP contribution in [-0.2, 0) is 9.92 Å². The summed E-state index contributed by atoms with van der Waals surface area (Å²) in [4.78, 5) is 19.1. The van der Waals surface area contributed by atoms with Crippen LogP contribution in [0.2, 0.25) is 5.02 Å². The molecule has 184 valence electrons. The molecule has 35 heavy (non-hydrogen) atoms. The maximum absolute atomic E-state index is 13.6. The number of carbonyl (C=O) groups is 1. The topological polar surface area (TPSA) is 112 Å². The largest absolute Gasteiger partial charge is 0.352 e. The zero-order chi connectivity index (χ0) is 25.3. The summed E-state index contributed by atoms with van der Waals surface area (Å²) in [6, 6.07) is 10.4. The Morgan fingerprint density at radius 2 is 1.80 bits per heavy atom. The Kier molecular flexibility index (Phi) is 7.07. The number of hydrogen-bond donors (Lipinski definition) is 3. The minimum atomic E-state index is -3.72. The summed E-state index contributed by atoms with van der Waals surface area (Å²) < 4.78 is 46.8.